The van der Waals surface area contributed by atoms with Crippen LogP contribution in [0.5, 0.6) is 0 Å². The average Bonchev–Trinajstić information content (AvgIpc) is 3.00. The van der Waals surface area contributed by atoms with Gasteiger partial charge in [0.2, 0.25) is 5.95 Å². The Hall–Kier alpha value is -3.49. The lowest BCUT2D eigenvalue weighted by atomic mass is 10.3. The van der Waals surface area contributed by atoms with Gasteiger partial charge in [-0.15, -0.1) is 0 Å². The zero-order valence-corrected chi connectivity index (χ0v) is 12.8. The quantitative estimate of drug-likeness (QED) is 0.625. The largest absolute Gasteiger partial charge is 0.480 e. The minimum absolute atomic E-state index is 0.206. The number of aryl methyl sites for hydroxylation is 1. The van der Waals surface area contributed by atoms with Crippen molar-refractivity contribution >= 4 is 23.4 Å². The van der Waals surface area contributed by atoms with Crippen LogP contribution in [0.15, 0.2) is 42.9 Å². The molecular weight excluding hydrogens is 310 g/mol. The van der Waals surface area contributed by atoms with Gasteiger partial charge in [0.15, 0.2) is 0 Å². The minimum Gasteiger partial charge on any atom is -0.480 e. The van der Waals surface area contributed by atoms with Crippen LogP contribution >= 0.6 is 0 Å². The number of aromatic nitrogens is 5. The number of benzene rings is 1. The normalized spacial score (nSPS) is 10.4. The highest BCUT2D eigenvalue weighted by Gasteiger charge is 2.03. The van der Waals surface area contributed by atoms with Crippen molar-refractivity contribution in [3.63, 3.8) is 0 Å². The molecular formula is C15H15N7O2. The molecule has 0 aliphatic heterocycles. The van der Waals surface area contributed by atoms with Crippen LogP contribution in [0.4, 0.5) is 17.5 Å². The summed E-state index contributed by atoms with van der Waals surface area (Å²) in [7, 11) is 0. The second-order valence-electron chi connectivity index (χ2n) is 4.92. The molecule has 0 fully saturated rings. The van der Waals surface area contributed by atoms with Gasteiger partial charge in [-0.1, -0.05) is 0 Å². The predicted octanol–water partition coefficient (Wildman–Crippen LogP) is 1.61. The third-order valence-electron chi connectivity index (χ3n) is 3.07. The number of carboxylic acids is 1. The molecule has 0 saturated carbocycles. The highest BCUT2D eigenvalue weighted by atomic mass is 16.4. The molecule has 0 spiro atoms. The van der Waals surface area contributed by atoms with E-state index in [0.717, 1.165) is 11.4 Å². The van der Waals surface area contributed by atoms with E-state index in [-0.39, 0.29) is 6.54 Å². The summed E-state index contributed by atoms with van der Waals surface area (Å²) in [6.07, 6.45) is 3.20. The highest BCUT2D eigenvalue weighted by molar-refractivity contribution is 5.72. The molecule has 0 saturated heterocycles. The molecule has 2 heterocycles. The molecule has 0 aliphatic carbocycles. The van der Waals surface area contributed by atoms with Gasteiger partial charge in [0, 0.05) is 11.9 Å². The summed E-state index contributed by atoms with van der Waals surface area (Å²) in [5.74, 6) is 0.553. The van der Waals surface area contributed by atoms with Crippen LogP contribution < -0.4 is 10.6 Å². The maximum absolute atomic E-state index is 10.6. The van der Waals surface area contributed by atoms with E-state index >= 15 is 0 Å². The molecule has 3 N–H and O–H groups in total. The van der Waals surface area contributed by atoms with Crippen molar-refractivity contribution in [2.24, 2.45) is 0 Å². The number of hydrogen-bond donors (Lipinski definition) is 3. The molecule has 2 aromatic heterocycles. The number of carboxylic acid groups (broad SMARTS) is 1. The Morgan fingerprint density at radius 2 is 2.00 bits per heavy atom. The Morgan fingerprint density at radius 1 is 1.21 bits per heavy atom. The van der Waals surface area contributed by atoms with E-state index in [1.165, 1.54) is 0 Å². The summed E-state index contributed by atoms with van der Waals surface area (Å²) in [6.45, 7) is 1.62. The molecule has 0 radical (unpaired) electrons. The first-order valence-corrected chi connectivity index (χ1v) is 7.14. The SMILES string of the molecule is Cc1ncn(-c2ccc(Nc3nccc(NCC(=O)O)n3)cc2)n1. The summed E-state index contributed by atoms with van der Waals surface area (Å²) >= 11 is 0. The predicted molar refractivity (Wildman–Crippen MR) is 87.5 cm³/mol. The fourth-order valence-corrected chi connectivity index (χ4v) is 1.98. The van der Waals surface area contributed by atoms with Crippen molar-refractivity contribution in [1.29, 1.82) is 0 Å². The smallest absolute Gasteiger partial charge is 0.322 e. The molecule has 3 rings (SSSR count). The van der Waals surface area contributed by atoms with Crippen molar-refractivity contribution in [3.8, 4) is 5.69 Å². The third kappa shape index (κ3) is 3.83. The molecule has 122 valence electrons. The maximum atomic E-state index is 10.6. The molecule has 0 atom stereocenters. The molecule has 9 nitrogen and oxygen atoms in total. The number of aliphatic carboxylic acids is 1. The van der Waals surface area contributed by atoms with Crippen LogP contribution in [0.25, 0.3) is 5.69 Å². The van der Waals surface area contributed by atoms with E-state index in [0.29, 0.717) is 17.6 Å². The van der Waals surface area contributed by atoms with Gasteiger partial charge in [-0.2, -0.15) is 10.1 Å². The maximum Gasteiger partial charge on any atom is 0.322 e. The monoisotopic (exact) mass is 325 g/mol. The van der Waals surface area contributed by atoms with Crippen LogP contribution in [0.1, 0.15) is 5.82 Å². The van der Waals surface area contributed by atoms with Gasteiger partial charge in [0.05, 0.1) is 5.69 Å². The van der Waals surface area contributed by atoms with Crippen molar-refractivity contribution in [1.82, 2.24) is 24.7 Å². The number of nitrogens with one attached hydrogen (secondary N) is 2. The van der Waals surface area contributed by atoms with Crippen molar-refractivity contribution in [2.45, 2.75) is 6.92 Å². The zero-order valence-electron chi connectivity index (χ0n) is 12.8. The van der Waals surface area contributed by atoms with E-state index in [1.54, 1.807) is 23.3 Å². The van der Waals surface area contributed by atoms with E-state index in [9.17, 15) is 4.79 Å². The number of nitrogens with zero attached hydrogens (tertiary/aromatic N) is 5. The lowest BCUT2D eigenvalue weighted by molar-refractivity contribution is -0.134. The van der Waals surface area contributed by atoms with E-state index in [1.807, 2.05) is 31.2 Å². The van der Waals surface area contributed by atoms with Gasteiger partial charge in [0.1, 0.15) is 24.5 Å². The minimum atomic E-state index is -0.956. The molecule has 0 unspecified atom stereocenters. The topological polar surface area (TPSA) is 118 Å². The van der Waals surface area contributed by atoms with E-state index in [4.69, 9.17) is 5.11 Å². The average molecular weight is 325 g/mol. The first-order chi connectivity index (χ1) is 11.6. The van der Waals surface area contributed by atoms with E-state index < -0.39 is 5.97 Å². The summed E-state index contributed by atoms with van der Waals surface area (Å²) in [5, 5.41) is 18.7. The zero-order chi connectivity index (χ0) is 16.9. The van der Waals surface area contributed by atoms with Gasteiger partial charge < -0.3 is 15.7 Å². The molecule has 3 aromatic rings. The van der Waals surface area contributed by atoms with Crippen LogP contribution in [-0.2, 0) is 4.79 Å². The van der Waals surface area contributed by atoms with Gasteiger partial charge in [-0.3, -0.25) is 4.79 Å². The number of rotatable bonds is 6. The molecule has 0 bridgehead atoms. The Bertz CT molecular complexity index is 845. The van der Waals surface area contributed by atoms with Crippen LogP contribution in [0, 0.1) is 6.92 Å². The molecule has 0 aliphatic rings. The summed E-state index contributed by atoms with van der Waals surface area (Å²) < 4.78 is 1.69. The standard InChI is InChI=1S/C15H15N7O2/c1-10-18-9-22(21-10)12-4-2-11(3-5-12)19-15-16-7-6-13(20-15)17-8-14(23)24/h2-7,9H,8H2,1H3,(H,23,24)(H2,16,17,19,20). The lowest BCUT2D eigenvalue weighted by Crippen LogP contribution is -2.13. The molecule has 0 amide bonds. The van der Waals surface area contributed by atoms with E-state index in [2.05, 4.69) is 30.7 Å². The fraction of sp³-hybridized carbons (Fsp3) is 0.133. The second-order valence-corrected chi connectivity index (χ2v) is 4.92. The molecule has 1 aromatic carbocycles. The Labute approximate surface area is 137 Å². The lowest BCUT2D eigenvalue weighted by Gasteiger charge is -2.08. The summed E-state index contributed by atoms with van der Waals surface area (Å²) in [6, 6.07) is 9.12. The first kappa shape index (κ1) is 15.4. The van der Waals surface area contributed by atoms with Crippen LogP contribution in [0.3, 0.4) is 0 Å². The number of carbonyl (C=O) groups is 1. The molecule has 24 heavy (non-hydrogen) atoms. The van der Waals surface area contributed by atoms with Crippen molar-refractivity contribution < 1.29 is 9.90 Å². The van der Waals surface area contributed by atoms with Crippen LogP contribution in [0.2, 0.25) is 0 Å². The summed E-state index contributed by atoms with van der Waals surface area (Å²) in [4.78, 5) is 23.0. The van der Waals surface area contributed by atoms with Gasteiger partial charge in [0.25, 0.3) is 0 Å². The third-order valence-corrected chi connectivity index (χ3v) is 3.07. The first-order valence-electron chi connectivity index (χ1n) is 7.14. The second kappa shape index (κ2) is 6.73. The van der Waals surface area contributed by atoms with Gasteiger partial charge in [-0.05, 0) is 37.3 Å². The van der Waals surface area contributed by atoms with Crippen molar-refractivity contribution in [3.05, 3.63) is 48.7 Å². The van der Waals surface area contributed by atoms with Gasteiger partial charge >= 0.3 is 5.97 Å². The molecule has 9 heteroatoms. The van der Waals surface area contributed by atoms with Crippen LogP contribution in [-0.4, -0.2) is 42.4 Å². The summed E-state index contributed by atoms with van der Waals surface area (Å²) in [5.41, 5.74) is 1.69. The number of anilines is 3. The Kier molecular flexibility index (Phi) is 4.32. The van der Waals surface area contributed by atoms with Gasteiger partial charge in [-0.25, -0.2) is 14.6 Å². The number of hydrogen-bond acceptors (Lipinski definition) is 7. The van der Waals surface area contributed by atoms with Crippen molar-refractivity contribution in [2.75, 3.05) is 17.2 Å². The highest BCUT2D eigenvalue weighted by Crippen LogP contribution is 2.16. The fourth-order valence-electron chi connectivity index (χ4n) is 1.98. The Balaban J connectivity index is 1.69. The Morgan fingerprint density at radius 3 is 2.67 bits per heavy atom.